The Bertz CT molecular complexity index is 713. The summed E-state index contributed by atoms with van der Waals surface area (Å²) in [7, 11) is 0. The first-order valence-electron chi connectivity index (χ1n) is 6.46. The van der Waals surface area contributed by atoms with Crippen molar-refractivity contribution in [2.24, 2.45) is 4.99 Å². The summed E-state index contributed by atoms with van der Waals surface area (Å²) in [6, 6.07) is 13.3. The van der Waals surface area contributed by atoms with E-state index in [2.05, 4.69) is 10.3 Å². The van der Waals surface area contributed by atoms with Gasteiger partial charge in [-0.25, -0.2) is 0 Å². The first-order valence-corrected chi connectivity index (χ1v) is 8.06. The second-order valence-corrected chi connectivity index (χ2v) is 5.99. The number of carbonyl (C=O) groups excluding carboxylic acids is 1. The fraction of sp³-hybridized carbons (Fsp3) is 0.125. The molecule has 0 saturated heterocycles. The van der Waals surface area contributed by atoms with Crippen LogP contribution in [0.3, 0.4) is 0 Å². The SMILES string of the molecule is CSc1ccc(N=CC2C(=O)Nc3ccc(Cl)cc32)cc1. The number of hydrogen-bond donors (Lipinski definition) is 1. The number of hydrogen-bond acceptors (Lipinski definition) is 3. The molecule has 21 heavy (non-hydrogen) atoms. The van der Waals surface area contributed by atoms with Crippen molar-refractivity contribution in [3.63, 3.8) is 0 Å². The van der Waals surface area contributed by atoms with Gasteiger partial charge in [0, 0.05) is 21.8 Å². The van der Waals surface area contributed by atoms with E-state index in [1.54, 1.807) is 24.0 Å². The van der Waals surface area contributed by atoms with Crippen molar-refractivity contribution in [2.45, 2.75) is 10.8 Å². The lowest BCUT2D eigenvalue weighted by atomic mass is 10.0. The standard InChI is InChI=1S/C16H13ClN2OS/c1-21-12-5-3-11(4-6-12)18-9-14-13-8-10(17)2-7-15(13)19-16(14)20/h2-9,14H,1H3,(H,19,20). The molecule has 1 unspecified atom stereocenters. The molecule has 0 aliphatic carbocycles. The molecule has 2 aromatic rings. The van der Waals surface area contributed by atoms with Crippen LogP contribution >= 0.6 is 23.4 Å². The molecule has 1 heterocycles. The average molecular weight is 317 g/mol. The molecule has 0 bridgehead atoms. The van der Waals surface area contributed by atoms with Gasteiger partial charge in [-0.05, 0) is 54.3 Å². The van der Waals surface area contributed by atoms with Crippen LogP contribution in [0, 0.1) is 0 Å². The molecule has 1 atom stereocenters. The number of nitrogens with one attached hydrogen (secondary N) is 1. The minimum Gasteiger partial charge on any atom is -0.325 e. The number of aliphatic imine (C=N–C) groups is 1. The highest BCUT2D eigenvalue weighted by molar-refractivity contribution is 7.98. The molecule has 0 spiro atoms. The van der Waals surface area contributed by atoms with Gasteiger partial charge in [0.2, 0.25) is 5.91 Å². The number of amides is 1. The van der Waals surface area contributed by atoms with Crippen molar-refractivity contribution in [3.05, 3.63) is 53.1 Å². The molecule has 3 nitrogen and oxygen atoms in total. The summed E-state index contributed by atoms with van der Waals surface area (Å²) in [5.74, 6) is -0.462. The highest BCUT2D eigenvalue weighted by Crippen LogP contribution is 2.33. The number of benzene rings is 2. The predicted molar refractivity (Wildman–Crippen MR) is 89.2 cm³/mol. The van der Waals surface area contributed by atoms with Crippen LogP contribution < -0.4 is 5.32 Å². The van der Waals surface area contributed by atoms with E-state index < -0.39 is 0 Å². The maximum Gasteiger partial charge on any atom is 0.237 e. The third-order valence-corrected chi connectivity index (χ3v) is 4.31. The van der Waals surface area contributed by atoms with E-state index in [0.717, 1.165) is 16.9 Å². The van der Waals surface area contributed by atoms with Gasteiger partial charge in [0.1, 0.15) is 5.92 Å². The average Bonchev–Trinajstić information content (AvgIpc) is 2.80. The van der Waals surface area contributed by atoms with E-state index in [9.17, 15) is 4.79 Å². The largest absolute Gasteiger partial charge is 0.325 e. The summed E-state index contributed by atoms with van der Waals surface area (Å²) >= 11 is 7.68. The lowest BCUT2D eigenvalue weighted by molar-refractivity contribution is -0.115. The molecule has 1 N–H and O–H groups in total. The van der Waals surface area contributed by atoms with Gasteiger partial charge in [0.05, 0.1) is 5.69 Å². The number of thioether (sulfide) groups is 1. The zero-order chi connectivity index (χ0) is 14.8. The van der Waals surface area contributed by atoms with Crippen molar-refractivity contribution in [2.75, 3.05) is 11.6 Å². The Labute approximate surface area is 132 Å². The number of halogens is 1. The smallest absolute Gasteiger partial charge is 0.237 e. The van der Waals surface area contributed by atoms with Crippen molar-refractivity contribution in [3.8, 4) is 0 Å². The van der Waals surface area contributed by atoms with Gasteiger partial charge < -0.3 is 5.32 Å². The normalized spacial score (nSPS) is 17.0. The summed E-state index contributed by atoms with van der Waals surface area (Å²) in [6.45, 7) is 0. The molecule has 1 amide bonds. The molecular weight excluding hydrogens is 304 g/mol. The van der Waals surface area contributed by atoms with Crippen LogP contribution in [0.5, 0.6) is 0 Å². The second-order valence-electron chi connectivity index (χ2n) is 4.67. The van der Waals surface area contributed by atoms with E-state index in [1.165, 1.54) is 4.90 Å². The molecular formula is C16H13ClN2OS. The zero-order valence-electron chi connectivity index (χ0n) is 11.3. The van der Waals surface area contributed by atoms with Crippen LogP contribution in [0.2, 0.25) is 5.02 Å². The Morgan fingerprint density at radius 2 is 2.00 bits per heavy atom. The van der Waals surface area contributed by atoms with Crippen molar-refractivity contribution >= 4 is 46.9 Å². The van der Waals surface area contributed by atoms with Gasteiger partial charge in [-0.15, -0.1) is 11.8 Å². The van der Waals surface area contributed by atoms with E-state index in [0.29, 0.717) is 5.02 Å². The summed E-state index contributed by atoms with van der Waals surface area (Å²) in [4.78, 5) is 17.6. The molecule has 5 heteroatoms. The summed E-state index contributed by atoms with van der Waals surface area (Å²) in [5.41, 5.74) is 2.51. The maximum absolute atomic E-state index is 12.0. The van der Waals surface area contributed by atoms with Gasteiger partial charge in [0.25, 0.3) is 0 Å². The topological polar surface area (TPSA) is 41.5 Å². The van der Waals surface area contributed by atoms with Gasteiger partial charge in [-0.2, -0.15) is 0 Å². The van der Waals surface area contributed by atoms with Crippen LogP contribution in [0.25, 0.3) is 0 Å². The number of nitrogens with zero attached hydrogens (tertiary/aromatic N) is 1. The first-order chi connectivity index (χ1) is 10.2. The monoisotopic (exact) mass is 316 g/mol. The van der Waals surface area contributed by atoms with Gasteiger partial charge in [-0.1, -0.05) is 11.6 Å². The van der Waals surface area contributed by atoms with Gasteiger partial charge >= 0.3 is 0 Å². The quantitative estimate of drug-likeness (QED) is 0.669. The fourth-order valence-electron chi connectivity index (χ4n) is 2.23. The molecule has 106 valence electrons. The predicted octanol–water partition coefficient (Wildman–Crippen LogP) is 4.50. The Morgan fingerprint density at radius 3 is 2.71 bits per heavy atom. The molecule has 2 aromatic carbocycles. The molecule has 3 rings (SSSR count). The second kappa shape index (κ2) is 5.92. The van der Waals surface area contributed by atoms with Crippen LogP contribution in [0.4, 0.5) is 11.4 Å². The van der Waals surface area contributed by atoms with E-state index in [1.807, 2.05) is 42.7 Å². The third kappa shape index (κ3) is 2.96. The minimum absolute atomic E-state index is 0.0725. The van der Waals surface area contributed by atoms with E-state index in [-0.39, 0.29) is 11.8 Å². The van der Waals surface area contributed by atoms with Crippen molar-refractivity contribution in [1.82, 2.24) is 0 Å². The number of rotatable bonds is 3. The Kier molecular flexibility index (Phi) is 3.99. The summed E-state index contributed by atoms with van der Waals surface area (Å²) in [6.07, 6.45) is 3.70. The lowest BCUT2D eigenvalue weighted by Crippen LogP contribution is -2.12. The van der Waals surface area contributed by atoms with E-state index >= 15 is 0 Å². The number of anilines is 1. The Morgan fingerprint density at radius 1 is 1.24 bits per heavy atom. The van der Waals surface area contributed by atoms with Crippen LogP contribution in [-0.4, -0.2) is 18.4 Å². The molecule has 0 radical (unpaired) electrons. The third-order valence-electron chi connectivity index (χ3n) is 3.33. The van der Waals surface area contributed by atoms with Crippen LogP contribution in [0.15, 0.2) is 52.4 Å². The Balaban J connectivity index is 1.86. The minimum atomic E-state index is -0.390. The van der Waals surface area contributed by atoms with Gasteiger partial charge in [0.15, 0.2) is 0 Å². The maximum atomic E-state index is 12.0. The van der Waals surface area contributed by atoms with Gasteiger partial charge in [-0.3, -0.25) is 9.79 Å². The fourth-order valence-corrected chi connectivity index (χ4v) is 2.82. The molecule has 0 fully saturated rings. The Hall–Kier alpha value is -1.78. The summed E-state index contributed by atoms with van der Waals surface area (Å²) < 4.78 is 0. The first kappa shape index (κ1) is 14.2. The molecule has 1 aliphatic heterocycles. The van der Waals surface area contributed by atoms with E-state index in [4.69, 9.17) is 11.6 Å². The molecule has 0 saturated carbocycles. The van der Waals surface area contributed by atoms with Crippen molar-refractivity contribution in [1.29, 1.82) is 0 Å². The number of fused-ring (bicyclic) bond motifs is 1. The van der Waals surface area contributed by atoms with Crippen LogP contribution in [-0.2, 0) is 4.79 Å². The zero-order valence-corrected chi connectivity index (χ0v) is 12.9. The molecule has 1 aliphatic rings. The van der Waals surface area contributed by atoms with Crippen LogP contribution in [0.1, 0.15) is 11.5 Å². The number of carbonyl (C=O) groups is 1. The highest BCUT2D eigenvalue weighted by atomic mass is 35.5. The van der Waals surface area contributed by atoms with Crippen molar-refractivity contribution < 1.29 is 4.79 Å². The highest BCUT2D eigenvalue weighted by Gasteiger charge is 2.29. The summed E-state index contributed by atoms with van der Waals surface area (Å²) in [5, 5.41) is 3.46. The molecule has 0 aromatic heterocycles. The lowest BCUT2D eigenvalue weighted by Gasteiger charge is -2.03.